The van der Waals surface area contributed by atoms with Crippen molar-refractivity contribution in [3.8, 4) is 5.75 Å². The molecule has 128 valence electrons. The molecule has 0 aliphatic heterocycles. The van der Waals surface area contributed by atoms with E-state index in [4.69, 9.17) is 9.47 Å². The van der Waals surface area contributed by atoms with Crippen LogP contribution in [-0.2, 0) is 14.3 Å². The lowest BCUT2D eigenvalue weighted by molar-refractivity contribution is -0.331. The van der Waals surface area contributed by atoms with Gasteiger partial charge in [0.15, 0.2) is 6.61 Å². The zero-order valence-corrected chi connectivity index (χ0v) is 16.1. The van der Waals surface area contributed by atoms with Crippen LogP contribution in [0.2, 0.25) is 0 Å². The van der Waals surface area contributed by atoms with Gasteiger partial charge in [-0.3, -0.25) is 0 Å². The van der Waals surface area contributed by atoms with Crippen molar-refractivity contribution in [2.75, 3.05) is 26.9 Å². The SMILES string of the molecule is COCCOc1c(I)cc(I)cc1C(=O)OCC(F)(F)C(=O)[O-]. The highest BCUT2D eigenvalue weighted by Gasteiger charge is 2.33. The van der Waals surface area contributed by atoms with Crippen molar-refractivity contribution in [2.45, 2.75) is 5.92 Å². The van der Waals surface area contributed by atoms with Crippen LogP contribution < -0.4 is 9.84 Å². The van der Waals surface area contributed by atoms with Crippen molar-refractivity contribution < 1.29 is 37.7 Å². The Hall–Kier alpha value is -0.760. The normalized spacial score (nSPS) is 11.2. The molecule has 0 heterocycles. The van der Waals surface area contributed by atoms with Gasteiger partial charge in [-0.05, 0) is 57.3 Å². The minimum absolute atomic E-state index is 0.0773. The van der Waals surface area contributed by atoms with Gasteiger partial charge in [-0.15, -0.1) is 0 Å². The summed E-state index contributed by atoms with van der Waals surface area (Å²) in [5, 5.41) is 10.2. The average molecular weight is 555 g/mol. The molecule has 0 N–H and O–H groups in total. The fourth-order valence-corrected chi connectivity index (χ4v) is 3.38. The van der Waals surface area contributed by atoms with Crippen LogP contribution in [0.5, 0.6) is 5.75 Å². The van der Waals surface area contributed by atoms with Gasteiger partial charge < -0.3 is 24.1 Å². The van der Waals surface area contributed by atoms with Crippen LogP contribution in [-0.4, -0.2) is 44.8 Å². The molecular formula is C13H11F2I2O6-. The lowest BCUT2D eigenvalue weighted by atomic mass is 10.2. The topological polar surface area (TPSA) is 84.9 Å². The number of methoxy groups -OCH3 is 1. The molecule has 0 aliphatic rings. The van der Waals surface area contributed by atoms with Gasteiger partial charge in [0, 0.05) is 10.7 Å². The fourth-order valence-electron chi connectivity index (χ4n) is 1.38. The van der Waals surface area contributed by atoms with Gasteiger partial charge in [0.05, 0.1) is 10.2 Å². The molecule has 1 rings (SSSR count). The predicted octanol–water partition coefficient (Wildman–Crippen LogP) is 1.46. The van der Waals surface area contributed by atoms with Crippen molar-refractivity contribution in [3.63, 3.8) is 0 Å². The third-order valence-electron chi connectivity index (χ3n) is 2.45. The molecule has 1 aromatic rings. The molecule has 0 aliphatic carbocycles. The summed E-state index contributed by atoms with van der Waals surface area (Å²) in [4.78, 5) is 22.2. The second-order valence-corrected chi connectivity index (χ2v) is 6.58. The number of halogens is 4. The van der Waals surface area contributed by atoms with Gasteiger partial charge in [0.2, 0.25) is 0 Å². The molecule has 0 atom stereocenters. The lowest BCUT2D eigenvalue weighted by Crippen LogP contribution is -2.45. The number of carbonyl (C=O) groups is 2. The monoisotopic (exact) mass is 555 g/mol. The zero-order chi connectivity index (χ0) is 17.6. The highest BCUT2D eigenvalue weighted by molar-refractivity contribution is 14.1. The zero-order valence-electron chi connectivity index (χ0n) is 11.7. The maximum absolute atomic E-state index is 12.9. The second-order valence-electron chi connectivity index (χ2n) is 4.17. The molecule has 0 fully saturated rings. The number of aliphatic carboxylic acids is 1. The van der Waals surface area contributed by atoms with E-state index < -0.39 is 24.5 Å². The molecule has 23 heavy (non-hydrogen) atoms. The van der Waals surface area contributed by atoms with E-state index in [2.05, 4.69) is 4.74 Å². The first-order valence-corrected chi connectivity index (χ1v) is 8.22. The number of carboxylic acids is 1. The molecule has 0 saturated heterocycles. The van der Waals surface area contributed by atoms with Crippen molar-refractivity contribution in [3.05, 3.63) is 24.8 Å². The third-order valence-corrected chi connectivity index (χ3v) is 3.87. The Labute approximate surface area is 157 Å². The van der Waals surface area contributed by atoms with Crippen LogP contribution in [0.25, 0.3) is 0 Å². The molecule has 6 nitrogen and oxygen atoms in total. The van der Waals surface area contributed by atoms with Gasteiger partial charge in [-0.1, -0.05) is 0 Å². The third kappa shape index (κ3) is 5.99. The Morgan fingerprint density at radius 2 is 1.91 bits per heavy atom. The standard InChI is InChI=1S/C13H12F2I2O6/c1-21-2-3-22-10-8(4-7(16)5-9(10)17)11(18)23-6-13(14,15)12(19)20/h4-5H,2-3,6H2,1H3,(H,19,20)/p-1. The van der Waals surface area contributed by atoms with Crippen LogP contribution in [0.1, 0.15) is 10.4 Å². The summed E-state index contributed by atoms with van der Waals surface area (Å²) in [6.45, 7) is -1.21. The summed E-state index contributed by atoms with van der Waals surface area (Å²) >= 11 is 3.86. The van der Waals surface area contributed by atoms with Crippen LogP contribution in [0.4, 0.5) is 8.78 Å². The first-order valence-electron chi connectivity index (χ1n) is 6.06. The number of carbonyl (C=O) groups excluding carboxylic acids is 2. The Balaban J connectivity index is 2.96. The van der Waals surface area contributed by atoms with Crippen molar-refractivity contribution in [1.82, 2.24) is 0 Å². The minimum atomic E-state index is -4.26. The van der Waals surface area contributed by atoms with E-state index in [1.165, 1.54) is 13.2 Å². The van der Waals surface area contributed by atoms with E-state index in [-0.39, 0.29) is 24.5 Å². The first kappa shape index (κ1) is 20.3. The fraction of sp³-hybridized carbons (Fsp3) is 0.385. The Kier molecular flexibility index (Phi) is 7.86. The second kappa shape index (κ2) is 8.92. The molecule has 10 heteroatoms. The van der Waals surface area contributed by atoms with Crippen LogP contribution >= 0.6 is 45.2 Å². The number of hydrogen-bond donors (Lipinski definition) is 0. The molecular weight excluding hydrogens is 544 g/mol. The predicted molar refractivity (Wildman–Crippen MR) is 89.5 cm³/mol. The summed E-state index contributed by atoms with van der Waals surface area (Å²) in [6, 6.07) is 3.11. The van der Waals surface area contributed by atoms with Gasteiger partial charge in [0.1, 0.15) is 23.9 Å². The number of hydrogen-bond acceptors (Lipinski definition) is 6. The maximum Gasteiger partial charge on any atom is 0.342 e. The van der Waals surface area contributed by atoms with E-state index >= 15 is 0 Å². The van der Waals surface area contributed by atoms with Gasteiger partial charge in [0.25, 0.3) is 0 Å². The average Bonchev–Trinajstić information content (AvgIpc) is 2.46. The minimum Gasteiger partial charge on any atom is -0.544 e. The molecule has 0 bridgehead atoms. The molecule has 0 unspecified atom stereocenters. The van der Waals surface area contributed by atoms with E-state index in [0.29, 0.717) is 7.14 Å². The Morgan fingerprint density at radius 3 is 2.48 bits per heavy atom. The smallest absolute Gasteiger partial charge is 0.342 e. The summed E-state index contributed by atoms with van der Waals surface area (Å²) in [5.41, 5.74) is -0.0773. The molecule has 0 saturated carbocycles. The first-order chi connectivity index (χ1) is 10.7. The van der Waals surface area contributed by atoms with Gasteiger partial charge in [-0.25, -0.2) is 4.79 Å². The van der Waals surface area contributed by atoms with Crippen LogP contribution in [0.3, 0.4) is 0 Å². The van der Waals surface area contributed by atoms with Crippen molar-refractivity contribution in [2.24, 2.45) is 0 Å². The molecule has 0 amide bonds. The van der Waals surface area contributed by atoms with Crippen molar-refractivity contribution in [1.29, 1.82) is 0 Å². The summed E-state index contributed by atoms with van der Waals surface area (Å²) < 4.78 is 41.7. The molecule has 0 spiro atoms. The maximum atomic E-state index is 12.9. The van der Waals surface area contributed by atoms with Gasteiger partial charge in [-0.2, -0.15) is 8.78 Å². The van der Waals surface area contributed by atoms with E-state index in [1.54, 1.807) is 6.07 Å². The summed E-state index contributed by atoms with van der Waals surface area (Å²) in [5.74, 6) is -7.83. The number of esters is 1. The van der Waals surface area contributed by atoms with E-state index in [9.17, 15) is 23.5 Å². The van der Waals surface area contributed by atoms with Gasteiger partial charge >= 0.3 is 11.9 Å². The largest absolute Gasteiger partial charge is 0.544 e. The highest BCUT2D eigenvalue weighted by atomic mass is 127. The Morgan fingerprint density at radius 1 is 1.26 bits per heavy atom. The van der Waals surface area contributed by atoms with Crippen molar-refractivity contribution >= 4 is 57.1 Å². The number of ether oxygens (including phenoxy) is 3. The molecule has 0 aromatic heterocycles. The number of carboxylic acid groups (broad SMARTS) is 1. The molecule has 1 aromatic carbocycles. The quantitative estimate of drug-likeness (QED) is 0.275. The summed E-state index contributed by atoms with van der Waals surface area (Å²) in [6.07, 6.45) is 0. The summed E-state index contributed by atoms with van der Waals surface area (Å²) in [7, 11) is 1.47. The number of benzene rings is 1. The lowest BCUT2D eigenvalue weighted by Gasteiger charge is -2.18. The van der Waals surface area contributed by atoms with Crippen LogP contribution in [0.15, 0.2) is 12.1 Å². The van der Waals surface area contributed by atoms with E-state index in [0.717, 1.165) is 0 Å². The van der Waals surface area contributed by atoms with E-state index in [1.807, 2.05) is 45.2 Å². The van der Waals surface area contributed by atoms with Crippen LogP contribution in [0, 0.1) is 7.14 Å². The molecule has 0 radical (unpaired) electrons. The number of alkyl halides is 2. The Bertz CT molecular complexity index is 594. The number of rotatable bonds is 8. The highest BCUT2D eigenvalue weighted by Crippen LogP contribution is 2.29.